The summed E-state index contributed by atoms with van der Waals surface area (Å²) in [6.07, 6.45) is 4.49. The van der Waals surface area contributed by atoms with Crippen molar-refractivity contribution in [2.24, 2.45) is 7.05 Å². The minimum atomic E-state index is -0.0138. The molecule has 0 aliphatic carbocycles. The van der Waals surface area contributed by atoms with Gasteiger partial charge in [-0.05, 0) is 30.7 Å². The SMILES string of the molecule is CC(C)c1nc2cc(NC(=O)CCCNc3ncccn3)ccc2n1C. The molecule has 7 heteroatoms. The number of carbonyl (C=O) groups is 1. The zero-order valence-electron chi connectivity index (χ0n) is 15.4. The van der Waals surface area contributed by atoms with Crippen molar-refractivity contribution in [1.82, 2.24) is 19.5 Å². The van der Waals surface area contributed by atoms with E-state index >= 15 is 0 Å². The first-order valence-corrected chi connectivity index (χ1v) is 8.81. The summed E-state index contributed by atoms with van der Waals surface area (Å²) < 4.78 is 2.10. The molecule has 7 nitrogen and oxygen atoms in total. The Morgan fingerprint density at radius 3 is 2.73 bits per heavy atom. The number of fused-ring (bicyclic) bond motifs is 1. The van der Waals surface area contributed by atoms with Crippen LogP contribution in [-0.4, -0.2) is 32.0 Å². The Morgan fingerprint density at radius 1 is 1.23 bits per heavy atom. The lowest BCUT2D eigenvalue weighted by Crippen LogP contribution is -2.14. The van der Waals surface area contributed by atoms with Crippen molar-refractivity contribution in [2.75, 3.05) is 17.2 Å². The highest BCUT2D eigenvalue weighted by atomic mass is 16.1. The first kappa shape index (κ1) is 17.8. The van der Waals surface area contributed by atoms with Gasteiger partial charge in [0, 0.05) is 44.0 Å². The molecule has 3 rings (SSSR count). The summed E-state index contributed by atoms with van der Waals surface area (Å²) in [5.41, 5.74) is 2.74. The molecule has 2 aromatic heterocycles. The van der Waals surface area contributed by atoms with Gasteiger partial charge in [-0.3, -0.25) is 4.79 Å². The fourth-order valence-corrected chi connectivity index (χ4v) is 2.88. The number of nitrogens with zero attached hydrogens (tertiary/aromatic N) is 4. The quantitative estimate of drug-likeness (QED) is 0.637. The van der Waals surface area contributed by atoms with Gasteiger partial charge in [-0.25, -0.2) is 15.0 Å². The lowest BCUT2D eigenvalue weighted by Gasteiger charge is -2.07. The lowest BCUT2D eigenvalue weighted by atomic mass is 10.2. The van der Waals surface area contributed by atoms with Crippen LogP contribution in [0.15, 0.2) is 36.7 Å². The normalized spacial score (nSPS) is 11.1. The smallest absolute Gasteiger partial charge is 0.224 e. The number of imidazole rings is 1. The Morgan fingerprint density at radius 2 is 2.00 bits per heavy atom. The van der Waals surface area contributed by atoms with Crippen LogP contribution in [0, 0.1) is 0 Å². The van der Waals surface area contributed by atoms with E-state index in [2.05, 4.69) is 44.0 Å². The second-order valence-corrected chi connectivity index (χ2v) is 6.54. The summed E-state index contributed by atoms with van der Waals surface area (Å²) in [4.78, 5) is 25.0. The van der Waals surface area contributed by atoms with Crippen LogP contribution in [0.1, 0.15) is 38.4 Å². The van der Waals surface area contributed by atoms with Gasteiger partial charge in [0.1, 0.15) is 5.82 Å². The number of hydrogen-bond donors (Lipinski definition) is 2. The lowest BCUT2D eigenvalue weighted by molar-refractivity contribution is -0.116. The molecule has 0 atom stereocenters. The van der Waals surface area contributed by atoms with Crippen LogP contribution in [0.5, 0.6) is 0 Å². The number of benzene rings is 1. The Labute approximate surface area is 152 Å². The van der Waals surface area contributed by atoms with Gasteiger partial charge in [0.25, 0.3) is 0 Å². The molecule has 2 heterocycles. The van der Waals surface area contributed by atoms with Crippen LogP contribution < -0.4 is 10.6 Å². The maximum absolute atomic E-state index is 12.1. The van der Waals surface area contributed by atoms with Crippen LogP contribution in [0.25, 0.3) is 11.0 Å². The molecule has 0 saturated carbocycles. The van der Waals surface area contributed by atoms with Gasteiger partial charge in [0.15, 0.2) is 0 Å². The molecule has 0 aliphatic rings. The highest BCUT2D eigenvalue weighted by Crippen LogP contribution is 2.23. The van der Waals surface area contributed by atoms with Crippen molar-refractivity contribution >= 4 is 28.6 Å². The highest BCUT2D eigenvalue weighted by Gasteiger charge is 2.12. The third kappa shape index (κ3) is 4.17. The Kier molecular flexibility index (Phi) is 5.46. The van der Waals surface area contributed by atoms with E-state index in [9.17, 15) is 4.79 Å². The Hall–Kier alpha value is -2.96. The zero-order chi connectivity index (χ0) is 18.5. The van der Waals surface area contributed by atoms with Crippen LogP contribution in [0.3, 0.4) is 0 Å². The van der Waals surface area contributed by atoms with Crippen molar-refractivity contribution in [2.45, 2.75) is 32.6 Å². The second kappa shape index (κ2) is 7.95. The third-order valence-corrected chi connectivity index (χ3v) is 4.15. The van der Waals surface area contributed by atoms with E-state index in [0.29, 0.717) is 31.3 Å². The molecule has 0 saturated heterocycles. The van der Waals surface area contributed by atoms with Crippen LogP contribution in [0.2, 0.25) is 0 Å². The minimum Gasteiger partial charge on any atom is -0.354 e. The maximum Gasteiger partial charge on any atom is 0.224 e. The fourth-order valence-electron chi connectivity index (χ4n) is 2.88. The number of amides is 1. The molecule has 0 fully saturated rings. The molecule has 3 aromatic rings. The van der Waals surface area contributed by atoms with Crippen molar-refractivity contribution in [3.8, 4) is 0 Å². The van der Waals surface area contributed by atoms with Crippen molar-refractivity contribution in [3.63, 3.8) is 0 Å². The number of carbonyl (C=O) groups excluding carboxylic acids is 1. The first-order chi connectivity index (χ1) is 12.5. The Balaban J connectivity index is 1.54. The monoisotopic (exact) mass is 352 g/mol. The molecule has 2 N–H and O–H groups in total. The number of anilines is 2. The molecule has 0 unspecified atom stereocenters. The van der Waals surface area contributed by atoms with Crippen LogP contribution in [-0.2, 0) is 11.8 Å². The third-order valence-electron chi connectivity index (χ3n) is 4.15. The van der Waals surface area contributed by atoms with E-state index in [-0.39, 0.29) is 5.91 Å². The number of aryl methyl sites for hydroxylation is 1. The van der Waals surface area contributed by atoms with E-state index in [1.54, 1.807) is 18.5 Å². The highest BCUT2D eigenvalue weighted by molar-refractivity contribution is 5.93. The number of hydrogen-bond acceptors (Lipinski definition) is 5. The number of rotatable bonds is 7. The Bertz CT molecular complexity index is 888. The predicted molar refractivity (Wildman–Crippen MR) is 103 cm³/mol. The topological polar surface area (TPSA) is 84.7 Å². The molecule has 0 spiro atoms. The van der Waals surface area contributed by atoms with E-state index in [1.165, 1.54) is 0 Å². The van der Waals surface area contributed by atoms with Crippen LogP contribution >= 0.6 is 0 Å². The molecular formula is C19H24N6O. The molecule has 0 radical (unpaired) electrons. The summed E-state index contributed by atoms with van der Waals surface area (Å²) >= 11 is 0. The first-order valence-electron chi connectivity index (χ1n) is 8.81. The molecule has 1 aromatic carbocycles. The van der Waals surface area contributed by atoms with Gasteiger partial charge < -0.3 is 15.2 Å². The molecule has 1 amide bonds. The summed E-state index contributed by atoms with van der Waals surface area (Å²) in [5, 5.41) is 6.04. The minimum absolute atomic E-state index is 0.0138. The maximum atomic E-state index is 12.1. The average molecular weight is 352 g/mol. The molecule has 0 bridgehead atoms. The van der Waals surface area contributed by atoms with E-state index in [0.717, 1.165) is 22.5 Å². The molecule has 26 heavy (non-hydrogen) atoms. The van der Waals surface area contributed by atoms with Gasteiger partial charge in [-0.1, -0.05) is 13.8 Å². The van der Waals surface area contributed by atoms with E-state index < -0.39 is 0 Å². The average Bonchev–Trinajstić information content (AvgIpc) is 2.96. The van der Waals surface area contributed by atoms with E-state index in [4.69, 9.17) is 0 Å². The van der Waals surface area contributed by atoms with Gasteiger partial charge in [-0.2, -0.15) is 0 Å². The number of nitrogens with one attached hydrogen (secondary N) is 2. The standard InChI is InChI=1S/C19H24N6O/c1-13(2)18-24-15-12-14(7-8-16(15)25(18)3)23-17(26)6-4-9-20-19-21-10-5-11-22-19/h5,7-8,10-13H,4,6,9H2,1-3H3,(H,23,26)(H,20,21,22). The summed E-state index contributed by atoms with van der Waals surface area (Å²) in [7, 11) is 2.02. The largest absolute Gasteiger partial charge is 0.354 e. The van der Waals surface area contributed by atoms with Gasteiger partial charge in [-0.15, -0.1) is 0 Å². The zero-order valence-corrected chi connectivity index (χ0v) is 15.4. The van der Waals surface area contributed by atoms with Crippen LogP contribution in [0.4, 0.5) is 11.6 Å². The number of aromatic nitrogens is 4. The summed E-state index contributed by atoms with van der Waals surface area (Å²) in [5.74, 6) is 1.96. The van der Waals surface area contributed by atoms with Crippen molar-refractivity contribution in [1.29, 1.82) is 0 Å². The van der Waals surface area contributed by atoms with Crippen molar-refractivity contribution < 1.29 is 4.79 Å². The van der Waals surface area contributed by atoms with Crippen molar-refractivity contribution in [3.05, 3.63) is 42.5 Å². The predicted octanol–water partition coefficient (Wildman–Crippen LogP) is 3.32. The molecule has 0 aliphatic heterocycles. The second-order valence-electron chi connectivity index (χ2n) is 6.54. The van der Waals surface area contributed by atoms with E-state index in [1.807, 2.05) is 25.2 Å². The summed E-state index contributed by atoms with van der Waals surface area (Å²) in [6.45, 7) is 4.89. The van der Waals surface area contributed by atoms with Gasteiger partial charge >= 0.3 is 0 Å². The molecule has 136 valence electrons. The molecular weight excluding hydrogens is 328 g/mol. The fraction of sp³-hybridized carbons (Fsp3) is 0.368. The van der Waals surface area contributed by atoms with Gasteiger partial charge in [0.2, 0.25) is 11.9 Å². The van der Waals surface area contributed by atoms with Gasteiger partial charge in [0.05, 0.1) is 11.0 Å². The summed E-state index contributed by atoms with van der Waals surface area (Å²) in [6, 6.07) is 7.61.